The molecule has 0 aromatic carbocycles. The Morgan fingerprint density at radius 1 is 1.47 bits per heavy atom. The number of nitrogens with zero attached hydrogens (tertiary/aromatic N) is 1. The van der Waals surface area contributed by atoms with Gasteiger partial charge in [0.15, 0.2) is 0 Å². The highest BCUT2D eigenvalue weighted by atomic mass is 32.1. The third kappa shape index (κ3) is 3.12. The van der Waals surface area contributed by atoms with Gasteiger partial charge >= 0.3 is 0 Å². The molecule has 3 N–H and O–H groups in total. The predicted octanol–water partition coefficient (Wildman–Crippen LogP) is 2.43. The summed E-state index contributed by atoms with van der Waals surface area (Å²) in [4.78, 5) is 17.2. The minimum absolute atomic E-state index is 0.0916. The first-order valence-corrected chi connectivity index (χ1v) is 6.90. The van der Waals surface area contributed by atoms with Gasteiger partial charge < -0.3 is 11.1 Å². The summed E-state index contributed by atoms with van der Waals surface area (Å²) < 4.78 is 0. The van der Waals surface area contributed by atoms with E-state index < -0.39 is 0 Å². The van der Waals surface area contributed by atoms with Gasteiger partial charge in [-0.05, 0) is 17.5 Å². The van der Waals surface area contributed by atoms with Crippen LogP contribution in [0.25, 0.3) is 0 Å². The van der Waals surface area contributed by atoms with E-state index in [1.54, 1.807) is 23.6 Å². The number of amides is 1. The molecule has 0 fully saturated rings. The molecule has 0 aliphatic rings. The van der Waals surface area contributed by atoms with Gasteiger partial charge in [-0.15, -0.1) is 11.3 Å². The quantitative estimate of drug-likeness (QED) is 0.900. The van der Waals surface area contributed by atoms with Crippen LogP contribution >= 0.6 is 11.3 Å². The summed E-state index contributed by atoms with van der Waals surface area (Å²) >= 11 is 1.69. The molecule has 0 spiro atoms. The fourth-order valence-corrected chi connectivity index (χ4v) is 2.61. The number of hydrogen-bond donors (Lipinski definition) is 2. The normalized spacial score (nSPS) is 11.3. The zero-order valence-corrected chi connectivity index (χ0v) is 11.8. The zero-order chi connectivity index (χ0) is 13.9. The molecule has 100 valence electrons. The lowest BCUT2D eigenvalue weighted by atomic mass is 9.91. The molecule has 2 rings (SSSR count). The molecule has 0 aliphatic carbocycles. The standard InChI is InChI=1S/C14H17N3OS/c1-14(2,12-4-3-7-19-12)9-17-13(18)10-5-6-16-8-11(10)15/h3-8H,9,15H2,1-2H3,(H,17,18). The maximum atomic E-state index is 12.1. The number of rotatable bonds is 4. The number of anilines is 1. The monoisotopic (exact) mass is 275 g/mol. The van der Waals surface area contributed by atoms with Gasteiger partial charge in [0.25, 0.3) is 5.91 Å². The third-order valence-electron chi connectivity index (χ3n) is 2.98. The second kappa shape index (κ2) is 5.40. The van der Waals surface area contributed by atoms with Gasteiger partial charge in [-0.25, -0.2) is 0 Å². The van der Waals surface area contributed by atoms with Crippen molar-refractivity contribution in [1.29, 1.82) is 0 Å². The smallest absolute Gasteiger partial charge is 0.253 e. The molecule has 5 heteroatoms. The molecule has 2 aromatic rings. The SMILES string of the molecule is CC(C)(CNC(=O)c1ccncc1N)c1cccs1. The Balaban J connectivity index is 2.03. The van der Waals surface area contributed by atoms with Crippen LogP contribution < -0.4 is 11.1 Å². The molecule has 0 saturated heterocycles. The van der Waals surface area contributed by atoms with Gasteiger partial charge in [-0.2, -0.15) is 0 Å². The number of carbonyl (C=O) groups is 1. The maximum absolute atomic E-state index is 12.1. The van der Waals surface area contributed by atoms with Crippen molar-refractivity contribution in [2.75, 3.05) is 12.3 Å². The average molecular weight is 275 g/mol. The molecule has 2 aromatic heterocycles. The van der Waals surface area contributed by atoms with Crippen LogP contribution in [0, 0.1) is 0 Å². The number of carbonyl (C=O) groups excluding carboxylic acids is 1. The van der Waals surface area contributed by atoms with E-state index in [4.69, 9.17) is 5.73 Å². The Kier molecular flexibility index (Phi) is 3.85. The second-order valence-electron chi connectivity index (χ2n) is 5.01. The van der Waals surface area contributed by atoms with Crippen molar-refractivity contribution in [3.8, 4) is 0 Å². The second-order valence-corrected chi connectivity index (χ2v) is 5.95. The minimum Gasteiger partial charge on any atom is -0.397 e. The van der Waals surface area contributed by atoms with E-state index in [-0.39, 0.29) is 11.3 Å². The molecule has 0 saturated carbocycles. The number of aromatic nitrogens is 1. The molecule has 1 amide bonds. The molecule has 0 unspecified atom stereocenters. The lowest BCUT2D eigenvalue weighted by Gasteiger charge is -2.23. The first-order chi connectivity index (χ1) is 9.00. The summed E-state index contributed by atoms with van der Waals surface area (Å²) in [7, 11) is 0. The fraction of sp³-hybridized carbons (Fsp3) is 0.286. The average Bonchev–Trinajstić information content (AvgIpc) is 2.91. The first kappa shape index (κ1) is 13.5. The molecule has 0 bridgehead atoms. The van der Waals surface area contributed by atoms with Crippen molar-refractivity contribution in [2.45, 2.75) is 19.3 Å². The summed E-state index contributed by atoms with van der Waals surface area (Å²) in [6, 6.07) is 5.73. The lowest BCUT2D eigenvalue weighted by molar-refractivity contribution is 0.0946. The molecular weight excluding hydrogens is 258 g/mol. The third-order valence-corrected chi connectivity index (χ3v) is 4.21. The van der Waals surface area contributed by atoms with Crippen molar-refractivity contribution >= 4 is 22.9 Å². The Bertz CT molecular complexity index is 564. The van der Waals surface area contributed by atoms with E-state index in [1.807, 2.05) is 11.4 Å². The van der Waals surface area contributed by atoms with E-state index in [0.29, 0.717) is 17.8 Å². The Labute approximate surface area is 116 Å². The van der Waals surface area contributed by atoms with Crippen LogP contribution in [0.3, 0.4) is 0 Å². The summed E-state index contributed by atoms with van der Waals surface area (Å²) in [5.74, 6) is -0.162. The van der Waals surface area contributed by atoms with Gasteiger partial charge in [-0.3, -0.25) is 9.78 Å². The molecule has 0 aliphatic heterocycles. The van der Waals surface area contributed by atoms with Crippen LogP contribution in [-0.4, -0.2) is 17.4 Å². The molecule has 2 heterocycles. The van der Waals surface area contributed by atoms with Gasteiger partial charge in [0.05, 0.1) is 17.4 Å². The van der Waals surface area contributed by atoms with E-state index >= 15 is 0 Å². The van der Waals surface area contributed by atoms with Crippen LogP contribution in [0.1, 0.15) is 29.1 Å². The highest BCUT2D eigenvalue weighted by Crippen LogP contribution is 2.26. The number of pyridine rings is 1. The van der Waals surface area contributed by atoms with E-state index in [2.05, 4.69) is 30.2 Å². The van der Waals surface area contributed by atoms with Crippen LogP contribution in [0.15, 0.2) is 36.0 Å². The topological polar surface area (TPSA) is 68.0 Å². The largest absolute Gasteiger partial charge is 0.397 e. The molecule has 19 heavy (non-hydrogen) atoms. The van der Waals surface area contributed by atoms with Crippen molar-refractivity contribution in [3.05, 3.63) is 46.4 Å². The molecule has 4 nitrogen and oxygen atoms in total. The Morgan fingerprint density at radius 2 is 2.26 bits per heavy atom. The van der Waals surface area contributed by atoms with E-state index in [0.717, 1.165) is 0 Å². The summed E-state index contributed by atoms with van der Waals surface area (Å²) in [6.45, 7) is 4.78. The van der Waals surface area contributed by atoms with Crippen molar-refractivity contribution in [1.82, 2.24) is 10.3 Å². The molecule has 0 atom stereocenters. The summed E-state index contributed by atoms with van der Waals surface area (Å²) in [5, 5.41) is 4.97. The highest BCUT2D eigenvalue weighted by Gasteiger charge is 2.23. The van der Waals surface area contributed by atoms with Crippen LogP contribution in [0.2, 0.25) is 0 Å². The number of nitrogens with one attached hydrogen (secondary N) is 1. The lowest BCUT2D eigenvalue weighted by Crippen LogP contribution is -2.36. The zero-order valence-electron chi connectivity index (χ0n) is 11.0. The van der Waals surface area contributed by atoms with Crippen molar-refractivity contribution < 1.29 is 4.79 Å². The number of nitrogen functional groups attached to an aromatic ring is 1. The van der Waals surface area contributed by atoms with E-state index in [1.165, 1.54) is 11.1 Å². The van der Waals surface area contributed by atoms with Gasteiger partial charge in [-0.1, -0.05) is 19.9 Å². The molecule has 0 radical (unpaired) electrons. The first-order valence-electron chi connectivity index (χ1n) is 6.02. The predicted molar refractivity (Wildman–Crippen MR) is 78.3 cm³/mol. The fourth-order valence-electron chi connectivity index (χ4n) is 1.76. The Morgan fingerprint density at radius 3 is 2.89 bits per heavy atom. The van der Waals surface area contributed by atoms with Gasteiger partial charge in [0.2, 0.25) is 0 Å². The maximum Gasteiger partial charge on any atom is 0.253 e. The number of nitrogens with two attached hydrogens (primary N) is 1. The molecular formula is C14H17N3OS. The van der Waals surface area contributed by atoms with Crippen LogP contribution in [0.5, 0.6) is 0 Å². The van der Waals surface area contributed by atoms with Gasteiger partial charge in [0, 0.05) is 23.0 Å². The van der Waals surface area contributed by atoms with Crippen molar-refractivity contribution in [2.24, 2.45) is 0 Å². The summed E-state index contributed by atoms with van der Waals surface area (Å²) in [5.41, 5.74) is 6.51. The van der Waals surface area contributed by atoms with Crippen LogP contribution in [-0.2, 0) is 5.41 Å². The van der Waals surface area contributed by atoms with Crippen LogP contribution in [0.4, 0.5) is 5.69 Å². The minimum atomic E-state index is -0.162. The Hall–Kier alpha value is -1.88. The van der Waals surface area contributed by atoms with Gasteiger partial charge in [0.1, 0.15) is 0 Å². The summed E-state index contributed by atoms with van der Waals surface area (Å²) in [6.07, 6.45) is 3.05. The highest BCUT2D eigenvalue weighted by molar-refractivity contribution is 7.10. The van der Waals surface area contributed by atoms with Crippen molar-refractivity contribution in [3.63, 3.8) is 0 Å². The van der Waals surface area contributed by atoms with E-state index in [9.17, 15) is 4.79 Å². The number of hydrogen-bond acceptors (Lipinski definition) is 4. The number of thiophene rings is 1.